The van der Waals surface area contributed by atoms with Crippen molar-refractivity contribution in [1.82, 2.24) is 31.5 Å². The van der Waals surface area contributed by atoms with Gasteiger partial charge < -0.3 is 46.6 Å². The van der Waals surface area contributed by atoms with Crippen LogP contribution in [0.3, 0.4) is 0 Å². The van der Waals surface area contributed by atoms with Crippen LogP contribution in [0.1, 0.15) is 169 Å². The monoisotopic (exact) mass is 1860 g/mol. The van der Waals surface area contributed by atoms with Gasteiger partial charge in [-0.1, -0.05) is 91.1 Å². The number of nitrogens with zero attached hydrogens (tertiary/aromatic N) is 3. The van der Waals surface area contributed by atoms with Crippen LogP contribution in [-0.2, 0) is 108 Å². The summed E-state index contributed by atoms with van der Waals surface area (Å²) in [5, 5.41) is 38.4. The van der Waals surface area contributed by atoms with Crippen LogP contribution in [0.4, 0.5) is 11.4 Å². The van der Waals surface area contributed by atoms with Crippen molar-refractivity contribution in [2.24, 2.45) is 5.14 Å². The van der Waals surface area contributed by atoms with E-state index in [1.807, 2.05) is 79.7 Å². The van der Waals surface area contributed by atoms with Crippen LogP contribution in [0.25, 0.3) is 5.57 Å². The number of carboxylic acids is 2. The number of aryl methyl sites for hydroxylation is 1. The van der Waals surface area contributed by atoms with Gasteiger partial charge in [0, 0.05) is 96.0 Å². The number of hydrogen-bond donors (Lipinski definition) is 12. The number of anilines is 1. The molecule has 4 aromatic carbocycles. The van der Waals surface area contributed by atoms with Gasteiger partial charge in [0.2, 0.25) is 45.2 Å². The lowest BCUT2D eigenvalue weighted by molar-refractivity contribution is -0.438. The highest BCUT2D eigenvalue weighted by Gasteiger charge is 2.47. The number of rotatable bonds is 41. The molecule has 122 heavy (non-hydrogen) atoms. The Hall–Kier alpha value is -8.81. The number of unbranched alkanes of at least 4 members (excludes halogenated alkanes) is 4. The lowest BCUT2D eigenvalue weighted by Gasteiger charge is -2.28. The van der Waals surface area contributed by atoms with Crippen molar-refractivity contribution in [2.45, 2.75) is 192 Å². The number of sulfonamides is 1. The van der Waals surface area contributed by atoms with Crippen molar-refractivity contribution in [3.05, 3.63) is 174 Å². The predicted octanol–water partition coefficient (Wildman–Crippen LogP) is 9.04. The number of carboxylic acid groups (broad SMARTS) is 2. The summed E-state index contributed by atoms with van der Waals surface area (Å²) in [6, 6.07) is 16.4. The third-order valence-corrected chi connectivity index (χ3v) is 28.1. The maximum Gasteiger partial charge on any atom is 0.326 e. The average molecular weight is 1870 g/mol. The fourth-order valence-electron chi connectivity index (χ4n) is 15.5. The molecule has 0 spiro atoms. The van der Waals surface area contributed by atoms with Crippen molar-refractivity contribution < 1.29 is 113 Å². The molecule has 0 radical (unpaired) electrons. The number of likely N-dealkylation sites (tertiary alicyclic amines) is 1. The van der Waals surface area contributed by atoms with Crippen molar-refractivity contribution >= 4 is 167 Å². The van der Waals surface area contributed by atoms with E-state index in [-0.39, 0.29) is 103 Å². The van der Waals surface area contributed by atoms with E-state index >= 15 is 0 Å². The molecule has 3 aliphatic heterocycles. The summed E-state index contributed by atoms with van der Waals surface area (Å²) in [6.45, 7) is 7.50. The van der Waals surface area contributed by atoms with E-state index in [2.05, 4.69) is 32.7 Å². The van der Waals surface area contributed by atoms with Gasteiger partial charge in [-0.15, -0.1) is 11.3 Å². The van der Waals surface area contributed by atoms with Gasteiger partial charge in [-0.05, 0) is 191 Å². The van der Waals surface area contributed by atoms with E-state index in [9.17, 15) is 109 Å². The van der Waals surface area contributed by atoms with Crippen LogP contribution in [0.15, 0.2) is 140 Å². The van der Waals surface area contributed by atoms with Gasteiger partial charge in [0.25, 0.3) is 46.4 Å². The third kappa shape index (κ3) is 26.2. The fraction of sp³-hybridized carbons (Fsp3) is 0.438. The van der Waals surface area contributed by atoms with Gasteiger partial charge >= 0.3 is 11.9 Å². The molecular weight excluding hydrogens is 1770 g/mol. The molecule has 5 aromatic rings. The van der Waals surface area contributed by atoms with Gasteiger partial charge in [0.1, 0.15) is 28.9 Å². The molecule has 1 aromatic heterocycles. The number of fused-ring (bicyclic) bond motifs is 2. The number of allylic oxidation sites excluding steroid dienone is 8. The number of hydrogen-bond acceptors (Lipinski definition) is 20. The molecular formula is C80H97Cl3N9O24S6+. The number of amides is 6. The molecule has 0 unspecified atom stereocenters. The first-order valence-corrected chi connectivity index (χ1v) is 48.5. The summed E-state index contributed by atoms with van der Waals surface area (Å²) in [5.74, 6) is -8.75. The highest BCUT2D eigenvalue weighted by molar-refractivity contribution is 7.91. The molecule has 1 saturated heterocycles. The van der Waals surface area contributed by atoms with Crippen molar-refractivity contribution in [3.8, 4) is 0 Å². The van der Waals surface area contributed by atoms with Crippen LogP contribution in [0, 0.1) is 0 Å². The molecule has 4 heterocycles. The van der Waals surface area contributed by atoms with Crippen LogP contribution in [-0.4, -0.2) is 201 Å². The smallest absolute Gasteiger partial charge is 0.326 e. The van der Waals surface area contributed by atoms with Crippen molar-refractivity contribution in [3.63, 3.8) is 0 Å². The minimum Gasteiger partial charge on any atom is -0.480 e. The van der Waals surface area contributed by atoms with E-state index in [1.165, 1.54) is 42.5 Å². The second kappa shape index (κ2) is 40.9. The van der Waals surface area contributed by atoms with E-state index in [0.29, 0.717) is 107 Å². The van der Waals surface area contributed by atoms with Gasteiger partial charge in [-0.3, -0.25) is 47.0 Å². The van der Waals surface area contributed by atoms with Gasteiger partial charge in [0.15, 0.2) is 5.71 Å². The number of benzene rings is 4. The molecule has 13 N–H and O–H groups in total. The summed E-state index contributed by atoms with van der Waals surface area (Å²) in [4.78, 5) is 108. The van der Waals surface area contributed by atoms with Crippen LogP contribution in [0.2, 0.25) is 14.4 Å². The first-order valence-electron chi connectivity index (χ1n) is 38.9. The quantitative estimate of drug-likeness (QED) is 0.00985. The number of aliphatic carboxylic acids is 2. The van der Waals surface area contributed by atoms with E-state index in [1.54, 1.807) is 12.1 Å². The van der Waals surface area contributed by atoms with E-state index in [4.69, 9.17) is 39.9 Å². The topological polar surface area (TPSA) is 524 Å². The predicted molar refractivity (Wildman–Crippen MR) is 458 cm³/mol. The van der Waals surface area contributed by atoms with Gasteiger partial charge in [-0.2, -0.15) is 38.2 Å². The molecule has 42 heteroatoms. The van der Waals surface area contributed by atoms with E-state index in [0.717, 1.165) is 38.8 Å². The number of thiophene rings is 1. The lowest BCUT2D eigenvalue weighted by Crippen LogP contribution is -2.48. The maximum absolute atomic E-state index is 14.0. The minimum atomic E-state index is -4.64. The maximum atomic E-state index is 14.0. The van der Waals surface area contributed by atoms with Gasteiger partial charge in [-0.25, -0.2) is 23.1 Å². The number of halogens is 3. The summed E-state index contributed by atoms with van der Waals surface area (Å²) in [6.07, 6.45) is 10.6. The molecule has 662 valence electrons. The summed E-state index contributed by atoms with van der Waals surface area (Å²) in [7, 11) is -22.3. The zero-order chi connectivity index (χ0) is 89.8. The number of primary sulfonamides is 1. The number of nitrogens with two attached hydrogens (primary N) is 1. The Morgan fingerprint density at radius 2 is 1.32 bits per heavy atom. The van der Waals surface area contributed by atoms with Gasteiger partial charge in [0.05, 0.1) is 49.5 Å². The third-order valence-electron chi connectivity index (χ3n) is 21.4. The Bertz CT molecular complexity index is 5690. The Morgan fingerprint density at radius 1 is 0.656 bits per heavy atom. The fourth-order valence-corrected chi connectivity index (χ4v) is 20.4. The molecule has 0 bridgehead atoms. The van der Waals surface area contributed by atoms with Crippen molar-refractivity contribution in [1.29, 1.82) is 0 Å². The molecule has 9 rings (SSSR count). The second-order valence-electron chi connectivity index (χ2n) is 31.2. The Kier molecular flexibility index (Phi) is 32.5. The summed E-state index contributed by atoms with van der Waals surface area (Å²) >= 11 is 18.9. The standard InChI is InChI=1S/C80H96Cl3N9O24S6/c1-79(2)58-43-55(121(111,112)113)26-28-63(58)90(35-9-11-37-118(103,104)105)66(79)30-23-49-17-14-18-50(24-31-67-80(3,4)59-44-56(122(114,115)116)27-29-64(59)91(67)36-10-12-38-119(106,107)108)73(49)52-19-13-16-48(39-52)15-5-6-21-69(93)85-33-8-7-20-61(76(99)100)88-72(96)46-62(77(101)102)89-70(94)32-34-86-74(97)65-42-54(87-71(95)40-51-22-25-53(81)41-60(51)82)47-92(65)75(98)57-45-68(83)117-78(57)120(84,109)110/h13,16,19,22-31,39,41,43-45,54,61-62,65H,5-12,14-15,17-18,20-21,32-38,40,42,46-47H2,1-4H3,(H12-,84,85,86,87,88,89,93,94,95,96,97,99,100,101,102,103,104,105,106,107,108,109,110,111,112,113,114,115,116)/p+1/t54-,61+,62+,65+/m1/s1. The van der Waals surface area contributed by atoms with Crippen molar-refractivity contribution in [2.75, 3.05) is 49.1 Å². The average Bonchev–Trinajstić information content (AvgIpc) is 1.59. The zero-order valence-electron chi connectivity index (χ0n) is 66.9. The van der Waals surface area contributed by atoms with Crippen LogP contribution < -0.4 is 36.6 Å². The normalized spacial score (nSPS) is 17.8. The highest BCUT2D eigenvalue weighted by Crippen LogP contribution is 2.50. The number of carbonyl (C=O) groups excluding carboxylic acids is 6. The highest BCUT2D eigenvalue weighted by atomic mass is 35.5. The Labute approximate surface area is 726 Å². The second-order valence-corrected chi connectivity index (χ2v) is 41.4. The molecule has 0 saturated carbocycles. The van der Waals surface area contributed by atoms with E-state index < -0.39 is 168 Å². The van der Waals surface area contributed by atoms with Crippen LogP contribution in [0.5, 0.6) is 0 Å². The SMILES string of the molecule is CC1(C)C(/C=C/C2=C(c3cccc(CCCCC(=O)NCCCC[C@H](NC(=O)C[C@H](NC(=O)CCNC(=O)[C@@H]4C[C@@H](NC(=O)Cc5ccc(Cl)cc5Cl)CN4C(=O)c4cc(Cl)sc4S(N)(=O)=O)C(=O)O)C(=O)O)c3)C(=C/C=C3/N(CCCCS(=O)(=O)O)c4ccc(S(=O)(=O)O)cc4C3(C)C)/CCC2)=[N+](CCCCS(=O)(=O)O)c2ccc(S(=O)(=O)O)cc21. The van der Waals surface area contributed by atoms with Crippen LogP contribution >= 0.6 is 46.1 Å². The lowest BCUT2D eigenvalue weighted by atomic mass is 9.79. The molecule has 1 aliphatic carbocycles. The molecule has 1 fully saturated rings. The summed E-state index contributed by atoms with van der Waals surface area (Å²) in [5.41, 5.74) is 6.44. The zero-order valence-corrected chi connectivity index (χ0v) is 74.1. The molecule has 6 amide bonds. The molecule has 4 aliphatic rings. The minimum absolute atomic E-state index is 0.105. The largest absolute Gasteiger partial charge is 0.480 e. The Balaban J connectivity index is 0.819. The first kappa shape index (κ1) is 97.0. The summed E-state index contributed by atoms with van der Waals surface area (Å²) < 4.78 is 163. The Morgan fingerprint density at radius 3 is 1.98 bits per heavy atom. The molecule has 4 atom stereocenters. The number of nitrogens with one attached hydrogen (secondary N) is 5. The first-order chi connectivity index (χ1) is 57.0. The molecule has 33 nitrogen and oxygen atoms in total. The number of carbonyl (C=O) groups is 8.